The van der Waals surface area contributed by atoms with Gasteiger partial charge in [0.2, 0.25) is 17.8 Å². The van der Waals surface area contributed by atoms with Crippen molar-refractivity contribution in [2.45, 2.75) is 19.4 Å². The van der Waals surface area contributed by atoms with Gasteiger partial charge < -0.3 is 15.5 Å². The molecule has 1 aliphatic rings. The lowest BCUT2D eigenvalue weighted by Gasteiger charge is -2.19. The summed E-state index contributed by atoms with van der Waals surface area (Å²) in [6.07, 6.45) is 3.43. The zero-order valence-electron chi connectivity index (χ0n) is 15.0. The molecule has 0 unspecified atom stereocenters. The van der Waals surface area contributed by atoms with Gasteiger partial charge in [-0.25, -0.2) is 9.97 Å². The number of carbonyl (C=O) groups is 2. The Morgan fingerprint density at radius 3 is 2.42 bits per heavy atom. The average molecular weight is 353 g/mol. The van der Waals surface area contributed by atoms with E-state index in [0.29, 0.717) is 25.6 Å². The van der Waals surface area contributed by atoms with Crippen molar-refractivity contribution < 1.29 is 9.59 Å². The molecule has 0 radical (unpaired) electrons. The molecule has 7 nitrogen and oxygen atoms in total. The standard InChI is InChI=1S/C19H23N5O2/c1-13(25)24-11-16(17(12-24)18(20)26)15-6-4-14(5-7-15)10-23(2)19-21-8-3-9-22-19/h3-9,16-17H,10-12H2,1-2H3,(H2,20,26)/t16-,17+/m1/s1. The quantitative estimate of drug-likeness (QED) is 0.871. The molecule has 3 rings (SSSR count). The number of carbonyl (C=O) groups excluding carboxylic acids is 2. The van der Waals surface area contributed by atoms with E-state index in [2.05, 4.69) is 9.97 Å². The number of hydrogen-bond acceptors (Lipinski definition) is 5. The summed E-state index contributed by atoms with van der Waals surface area (Å²) in [7, 11) is 1.94. The molecule has 136 valence electrons. The Labute approximate surface area is 152 Å². The molecule has 2 heterocycles. The third kappa shape index (κ3) is 3.82. The first kappa shape index (κ1) is 17.8. The first-order chi connectivity index (χ1) is 12.5. The van der Waals surface area contributed by atoms with E-state index in [0.717, 1.165) is 11.1 Å². The van der Waals surface area contributed by atoms with Crippen molar-refractivity contribution in [2.24, 2.45) is 11.7 Å². The van der Waals surface area contributed by atoms with Crippen LogP contribution in [-0.2, 0) is 16.1 Å². The molecule has 0 saturated carbocycles. The lowest BCUT2D eigenvalue weighted by Crippen LogP contribution is -2.30. The van der Waals surface area contributed by atoms with Gasteiger partial charge in [-0.3, -0.25) is 9.59 Å². The molecule has 0 aliphatic carbocycles. The highest BCUT2D eigenvalue weighted by Crippen LogP contribution is 2.32. The number of nitrogens with two attached hydrogens (primary N) is 1. The highest BCUT2D eigenvalue weighted by molar-refractivity contribution is 5.81. The molecule has 1 aromatic heterocycles. The molecule has 0 spiro atoms. The Morgan fingerprint density at radius 2 is 1.85 bits per heavy atom. The molecule has 2 amide bonds. The van der Waals surface area contributed by atoms with Gasteiger partial charge in [-0.1, -0.05) is 24.3 Å². The Balaban J connectivity index is 1.72. The van der Waals surface area contributed by atoms with Crippen molar-refractivity contribution in [2.75, 3.05) is 25.0 Å². The monoisotopic (exact) mass is 353 g/mol. The van der Waals surface area contributed by atoms with E-state index in [1.807, 2.05) is 36.2 Å². The summed E-state index contributed by atoms with van der Waals surface area (Å²) in [5.74, 6) is -0.118. The van der Waals surface area contributed by atoms with Gasteiger partial charge in [0, 0.05) is 51.9 Å². The molecule has 2 atom stereocenters. The second-order valence-electron chi connectivity index (χ2n) is 6.69. The summed E-state index contributed by atoms with van der Waals surface area (Å²) < 4.78 is 0. The molecule has 1 saturated heterocycles. The number of benzene rings is 1. The van der Waals surface area contributed by atoms with Crippen molar-refractivity contribution in [3.63, 3.8) is 0 Å². The second kappa shape index (κ2) is 7.51. The highest BCUT2D eigenvalue weighted by atomic mass is 16.2. The van der Waals surface area contributed by atoms with Crippen LogP contribution in [0.2, 0.25) is 0 Å². The summed E-state index contributed by atoms with van der Waals surface area (Å²) in [4.78, 5) is 35.6. The molecule has 26 heavy (non-hydrogen) atoms. The van der Waals surface area contributed by atoms with Gasteiger partial charge in [0.15, 0.2) is 0 Å². The zero-order chi connectivity index (χ0) is 18.7. The fraction of sp³-hybridized carbons (Fsp3) is 0.368. The van der Waals surface area contributed by atoms with Crippen molar-refractivity contribution in [1.29, 1.82) is 0 Å². The maximum absolute atomic E-state index is 11.8. The van der Waals surface area contributed by atoms with Crippen LogP contribution in [0.1, 0.15) is 24.0 Å². The molecule has 0 bridgehead atoms. The summed E-state index contributed by atoms with van der Waals surface area (Å²) in [6, 6.07) is 9.87. The van der Waals surface area contributed by atoms with Crippen LogP contribution in [0.5, 0.6) is 0 Å². The number of anilines is 1. The molecule has 1 fully saturated rings. The van der Waals surface area contributed by atoms with E-state index < -0.39 is 0 Å². The number of primary amides is 1. The van der Waals surface area contributed by atoms with Crippen LogP contribution < -0.4 is 10.6 Å². The van der Waals surface area contributed by atoms with Crippen LogP contribution in [0.3, 0.4) is 0 Å². The van der Waals surface area contributed by atoms with Crippen molar-refractivity contribution in [3.05, 3.63) is 53.9 Å². The van der Waals surface area contributed by atoms with Crippen molar-refractivity contribution in [3.8, 4) is 0 Å². The lowest BCUT2D eigenvalue weighted by molar-refractivity contribution is -0.128. The van der Waals surface area contributed by atoms with Crippen LogP contribution in [0, 0.1) is 5.92 Å². The molecular weight excluding hydrogens is 330 g/mol. The number of amides is 2. The van der Waals surface area contributed by atoms with Crippen molar-refractivity contribution >= 4 is 17.8 Å². The molecule has 2 aromatic rings. The SMILES string of the molecule is CC(=O)N1C[C@H](C(N)=O)[C@@H](c2ccc(CN(C)c3ncccn3)cc2)C1. The summed E-state index contributed by atoms with van der Waals surface area (Å²) in [5, 5.41) is 0. The van der Waals surface area contributed by atoms with Crippen LogP contribution in [0.15, 0.2) is 42.7 Å². The third-order valence-corrected chi connectivity index (χ3v) is 4.85. The van der Waals surface area contributed by atoms with Gasteiger partial charge in [0.1, 0.15) is 0 Å². The number of likely N-dealkylation sites (tertiary alicyclic amines) is 1. The van der Waals surface area contributed by atoms with E-state index in [1.54, 1.807) is 23.4 Å². The Kier molecular flexibility index (Phi) is 5.16. The first-order valence-electron chi connectivity index (χ1n) is 8.57. The fourth-order valence-corrected chi connectivity index (χ4v) is 3.39. The normalized spacial score (nSPS) is 19.4. The van der Waals surface area contributed by atoms with Gasteiger partial charge in [0.25, 0.3) is 0 Å². The minimum Gasteiger partial charge on any atom is -0.369 e. The fourth-order valence-electron chi connectivity index (χ4n) is 3.39. The van der Waals surface area contributed by atoms with Gasteiger partial charge in [-0.05, 0) is 17.2 Å². The predicted molar refractivity (Wildman–Crippen MR) is 98.3 cm³/mol. The maximum Gasteiger partial charge on any atom is 0.225 e. The summed E-state index contributed by atoms with van der Waals surface area (Å²) >= 11 is 0. The highest BCUT2D eigenvalue weighted by Gasteiger charge is 2.38. The van der Waals surface area contributed by atoms with Gasteiger partial charge in [-0.15, -0.1) is 0 Å². The number of hydrogen-bond donors (Lipinski definition) is 1. The predicted octanol–water partition coefficient (Wildman–Crippen LogP) is 1.16. The lowest BCUT2D eigenvalue weighted by atomic mass is 9.88. The third-order valence-electron chi connectivity index (χ3n) is 4.85. The van der Waals surface area contributed by atoms with Gasteiger partial charge in [-0.2, -0.15) is 0 Å². The number of aromatic nitrogens is 2. The average Bonchev–Trinajstić information content (AvgIpc) is 3.09. The van der Waals surface area contributed by atoms with Crippen LogP contribution >= 0.6 is 0 Å². The molecule has 1 aromatic carbocycles. The van der Waals surface area contributed by atoms with Crippen LogP contribution in [0.25, 0.3) is 0 Å². The number of rotatable bonds is 5. The van der Waals surface area contributed by atoms with Crippen molar-refractivity contribution in [1.82, 2.24) is 14.9 Å². The minimum absolute atomic E-state index is 0.0279. The largest absolute Gasteiger partial charge is 0.369 e. The minimum atomic E-state index is -0.358. The smallest absolute Gasteiger partial charge is 0.225 e. The topological polar surface area (TPSA) is 92.4 Å². The van der Waals surface area contributed by atoms with E-state index in [-0.39, 0.29) is 23.7 Å². The molecule has 2 N–H and O–H groups in total. The Morgan fingerprint density at radius 1 is 1.19 bits per heavy atom. The van der Waals surface area contributed by atoms with E-state index >= 15 is 0 Å². The van der Waals surface area contributed by atoms with Crippen LogP contribution in [-0.4, -0.2) is 46.8 Å². The Hall–Kier alpha value is -2.96. The van der Waals surface area contributed by atoms with Gasteiger partial charge >= 0.3 is 0 Å². The summed E-state index contributed by atoms with van der Waals surface area (Å²) in [6.45, 7) is 3.12. The maximum atomic E-state index is 11.8. The molecular formula is C19H23N5O2. The van der Waals surface area contributed by atoms with E-state index in [4.69, 9.17) is 5.73 Å². The summed E-state index contributed by atoms with van der Waals surface area (Å²) in [5.41, 5.74) is 7.69. The Bertz CT molecular complexity index is 778. The first-order valence-corrected chi connectivity index (χ1v) is 8.57. The second-order valence-corrected chi connectivity index (χ2v) is 6.69. The zero-order valence-corrected chi connectivity index (χ0v) is 15.0. The molecule has 1 aliphatic heterocycles. The molecule has 7 heteroatoms. The number of nitrogens with zero attached hydrogens (tertiary/aromatic N) is 4. The van der Waals surface area contributed by atoms with Gasteiger partial charge in [0.05, 0.1) is 5.92 Å². The van der Waals surface area contributed by atoms with E-state index in [9.17, 15) is 9.59 Å². The van der Waals surface area contributed by atoms with E-state index in [1.165, 1.54) is 6.92 Å². The van der Waals surface area contributed by atoms with Crippen LogP contribution in [0.4, 0.5) is 5.95 Å².